The number of aliphatic carboxylic acids is 1. The van der Waals surface area contributed by atoms with Crippen LogP contribution in [0.3, 0.4) is 0 Å². The van der Waals surface area contributed by atoms with E-state index in [2.05, 4.69) is 5.10 Å². The van der Waals surface area contributed by atoms with Crippen molar-refractivity contribution in [1.29, 1.82) is 0 Å². The first-order valence-corrected chi connectivity index (χ1v) is 13.0. The number of benzene rings is 1. The number of hydrogen-bond donors (Lipinski definition) is 1. The summed E-state index contributed by atoms with van der Waals surface area (Å²) in [5, 5.41) is 14.1. The van der Waals surface area contributed by atoms with Crippen molar-refractivity contribution in [2.45, 2.75) is 72.0 Å². The second-order valence-electron chi connectivity index (χ2n) is 10.9. The second-order valence-corrected chi connectivity index (χ2v) is 11.8. The average Bonchev–Trinajstić information content (AvgIpc) is 3.22. The molecule has 0 bridgehead atoms. The molecule has 1 saturated carbocycles. The molecule has 0 atom stereocenters. The quantitative estimate of drug-likeness (QED) is 0.392. The van der Waals surface area contributed by atoms with Crippen LogP contribution in [-0.4, -0.2) is 44.8 Å². The van der Waals surface area contributed by atoms with Crippen molar-refractivity contribution in [3.8, 4) is 0 Å². The zero-order chi connectivity index (χ0) is 27.7. The van der Waals surface area contributed by atoms with Crippen LogP contribution in [0, 0.1) is 18.3 Å². The first kappa shape index (κ1) is 29.3. The van der Waals surface area contributed by atoms with E-state index in [4.69, 9.17) is 23.2 Å². The topological polar surface area (TPSA) is 75.4 Å². The van der Waals surface area contributed by atoms with Crippen LogP contribution in [0.5, 0.6) is 0 Å². The number of carboxylic acids is 1. The summed E-state index contributed by atoms with van der Waals surface area (Å²) in [7, 11) is 0. The summed E-state index contributed by atoms with van der Waals surface area (Å²) < 4.78 is 43.8. The van der Waals surface area contributed by atoms with Gasteiger partial charge in [0, 0.05) is 23.1 Å². The van der Waals surface area contributed by atoms with E-state index in [1.165, 1.54) is 4.90 Å². The normalized spacial score (nSPS) is 18.6. The lowest BCUT2D eigenvalue weighted by Gasteiger charge is -2.31. The third-order valence-electron chi connectivity index (χ3n) is 6.56. The number of aryl methyl sites for hydroxylation is 1. The molecule has 1 aliphatic rings. The van der Waals surface area contributed by atoms with Crippen LogP contribution in [0.15, 0.2) is 18.3 Å². The van der Waals surface area contributed by atoms with E-state index in [1.807, 2.05) is 27.7 Å². The van der Waals surface area contributed by atoms with E-state index in [9.17, 15) is 27.9 Å². The van der Waals surface area contributed by atoms with Crippen molar-refractivity contribution in [2.24, 2.45) is 11.3 Å². The van der Waals surface area contributed by atoms with Gasteiger partial charge in [-0.3, -0.25) is 14.3 Å². The van der Waals surface area contributed by atoms with Gasteiger partial charge in [-0.2, -0.15) is 18.3 Å². The molecule has 0 radical (unpaired) electrons. The van der Waals surface area contributed by atoms with Crippen LogP contribution < -0.4 is 0 Å². The Bertz CT molecular complexity index is 1130. The molecule has 1 amide bonds. The molecule has 1 aromatic heterocycles. The molecule has 1 aromatic carbocycles. The number of halogens is 5. The summed E-state index contributed by atoms with van der Waals surface area (Å²) >= 11 is 12.7. The Morgan fingerprint density at radius 3 is 2.16 bits per heavy atom. The molecule has 3 rings (SSSR count). The van der Waals surface area contributed by atoms with Gasteiger partial charge in [0.15, 0.2) is 5.69 Å². The molecule has 0 saturated heterocycles. The lowest BCUT2D eigenvalue weighted by molar-refractivity contribution is -0.147. The molecule has 1 aliphatic carbocycles. The fraction of sp³-hybridized carbons (Fsp3) is 0.577. The number of alkyl halides is 3. The number of amides is 1. The highest BCUT2D eigenvalue weighted by Gasteiger charge is 2.43. The summed E-state index contributed by atoms with van der Waals surface area (Å²) in [5.41, 5.74) is -0.497. The molecule has 1 heterocycles. The number of rotatable bonds is 7. The molecule has 2 aromatic rings. The summed E-state index contributed by atoms with van der Waals surface area (Å²) in [4.78, 5) is 26.3. The van der Waals surface area contributed by atoms with Crippen LogP contribution in [0.4, 0.5) is 13.2 Å². The Balaban J connectivity index is 1.93. The molecular weight excluding hydrogens is 530 g/mol. The van der Waals surface area contributed by atoms with E-state index in [1.54, 1.807) is 12.1 Å². The minimum atomic E-state index is -4.82. The lowest BCUT2D eigenvalue weighted by Crippen LogP contribution is -2.40. The smallest absolute Gasteiger partial charge is 0.433 e. The molecular formula is C26H32Cl2F3N3O3. The highest BCUT2D eigenvalue weighted by molar-refractivity contribution is 6.36. The Morgan fingerprint density at radius 2 is 1.68 bits per heavy atom. The molecule has 6 nitrogen and oxygen atoms in total. The van der Waals surface area contributed by atoms with Crippen molar-refractivity contribution in [3.63, 3.8) is 0 Å². The van der Waals surface area contributed by atoms with E-state index >= 15 is 0 Å². The number of hydrogen-bond acceptors (Lipinski definition) is 3. The molecule has 1 N–H and O–H groups in total. The maximum atomic E-state index is 14.3. The van der Waals surface area contributed by atoms with Crippen molar-refractivity contribution < 1.29 is 27.9 Å². The summed E-state index contributed by atoms with van der Waals surface area (Å²) in [6, 6.07) is 2.88. The van der Waals surface area contributed by atoms with Crippen molar-refractivity contribution in [2.75, 3.05) is 13.1 Å². The van der Waals surface area contributed by atoms with Crippen molar-refractivity contribution in [1.82, 2.24) is 14.7 Å². The minimum Gasteiger partial charge on any atom is -0.481 e. The number of aromatic nitrogens is 2. The van der Waals surface area contributed by atoms with Gasteiger partial charge >= 0.3 is 12.1 Å². The van der Waals surface area contributed by atoms with Crippen LogP contribution in [0.25, 0.3) is 0 Å². The second kappa shape index (κ2) is 11.2. The molecule has 0 unspecified atom stereocenters. The van der Waals surface area contributed by atoms with Crippen LogP contribution in [0.2, 0.25) is 10.0 Å². The van der Waals surface area contributed by atoms with Gasteiger partial charge in [0.25, 0.3) is 5.91 Å². The number of carbonyl (C=O) groups is 2. The average molecular weight is 562 g/mol. The largest absolute Gasteiger partial charge is 0.481 e. The fourth-order valence-electron chi connectivity index (χ4n) is 4.86. The predicted molar refractivity (Wildman–Crippen MR) is 136 cm³/mol. The molecule has 1 fully saturated rings. The van der Waals surface area contributed by atoms with Gasteiger partial charge in [-0.25, -0.2) is 0 Å². The molecule has 11 heteroatoms. The SMILES string of the molecule is Cc1cc(Cl)c(CCN(CC(C)(C)C)C(=O)c2cnn([C@H]3CC[C@H](C(=O)O)CC3)c2C(F)(F)F)c(Cl)c1. The summed E-state index contributed by atoms with van der Waals surface area (Å²) in [6.45, 7) is 7.86. The van der Waals surface area contributed by atoms with Crippen molar-refractivity contribution in [3.05, 3.63) is 50.8 Å². The van der Waals surface area contributed by atoms with Crippen LogP contribution in [-0.2, 0) is 17.4 Å². The molecule has 204 valence electrons. The van der Waals surface area contributed by atoms with Crippen molar-refractivity contribution >= 4 is 35.1 Å². The molecule has 37 heavy (non-hydrogen) atoms. The zero-order valence-electron chi connectivity index (χ0n) is 21.3. The maximum Gasteiger partial charge on any atom is 0.433 e. The lowest BCUT2D eigenvalue weighted by atomic mass is 9.86. The number of nitrogens with zero attached hydrogens (tertiary/aromatic N) is 3. The van der Waals surface area contributed by atoms with Gasteiger partial charge in [-0.15, -0.1) is 0 Å². The summed E-state index contributed by atoms with van der Waals surface area (Å²) in [5.74, 6) is -2.30. The van der Waals surface area contributed by atoms with E-state index < -0.39 is 41.3 Å². The standard InChI is InChI=1S/C26H32Cl2F3N3O3/c1-15-11-20(27)18(21(28)12-15)9-10-33(14-25(2,3)4)23(35)19-13-32-34(22(19)26(29,30)31)17-7-5-16(6-8-17)24(36)37/h11-13,16-17H,5-10,14H2,1-4H3,(H,36,37)/t16-,17-. The zero-order valence-corrected chi connectivity index (χ0v) is 22.8. The van der Waals surface area contributed by atoms with E-state index in [0.717, 1.165) is 16.4 Å². The Kier molecular flexibility index (Phi) is 8.90. The third kappa shape index (κ3) is 7.19. The van der Waals surface area contributed by atoms with Crippen LogP contribution in [0.1, 0.15) is 79.7 Å². The van der Waals surface area contributed by atoms with Gasteiger partial charge in [0.1, 0.15) is 0 Å². The molecule has 0 aliphatic heterocycles. The molecule has 0 spiro atoms. The predicted octanol–water partition coefficient (Wildman–Crippen LogP) is 7.06. The van der Waals surface area contributed by atoms with Crippen LogP contribution >= 0.6 is 23.2 Å². The maximum absolute atomic E-state index is 14.3. The first-order chi connectivity index (χ1) is 17.1. The first-order valence-electron chi connectivity index (χ1n) is 12.2. The van der Waals surface area contributed by atoms with Gasteiger partial charge in [0.2, 0.25) is 0 Å². The van der Waals surface area contributed by atoms with E-state index in [-0.39, 0.29) is 50.6 Å². The van der Waals surface area contributed by atoms with Gasteiger partial charge in [-0.1, -0.05) is 44.0 Å². The van der Waals surface area contributed by atoms with Gasteiger partial charge in [-0.05, 0) is 67.7 Å². The van der Waals surface area contributed by atoms with Gasteiger partial charge in [0.05, 0.1) is 23.7 Å². The highest BCUT2D eigenvalue weighted by atomic mass is 35.5. The Hall–Kier alpha value is -2.26. The highest BCUT2D eigenvalue weighted by Crippen LogP contribution is 2.39. The van der Waals surface area contributed by atoms with E-state index in [0.29, 0.717) is 15.6 Å². The summed E-state index contributed by atoms with van der Waals surface area (Å²) in [6.07, 6.45) is -2.56. The minimum absolute atomic E-state index is 0.116. The monoisotopic (exact) mass is 561 g/mol. The Morgan fingerprint density at radius 1 is 1.11 bits per heavy atom. The number of carbonyl (C=O) groups excluding carboxylic acids is 1. The fourth-order valence-corrected chi connectivity index (χ4v) is 5.64. The number of carboxylic acid groups (broad SMARTS) is 1. The Labute approximate surface area is 224 Å². The third-order valence-corrected chi connectivity index (χ3v) is 7.23. The van der Waals surface area contributed by atoms with Gasteiger partial charge < -0.3 is 10.0 Å².